The number of amides is 2. The normalized spacial score (nSPS) is 22.5. The third kappa shape index (κ3) is 3.72. The molecular weight excluding hydrogens is 349 g/mol. The number of nitrogens with zero attached hydrogens (tertiary/aromatic N) is 2. The Morgan fingerprint density at radius 1 is 1.30 bits per heavy atom. The van der Waals surface area contributed by atoms with Gasteiger partial charge in [0, 0.05) is 31.0 Å². The van der Waals surface area contributed by atoms with Gasteiger partial charge in [0.15, 0.2) is 0 Å². The Hall–Kier alpha value is -2.70. The molecule has 7 heteroatoms. The van der Waals surface area contributed by atoms with Crippen LogP contribution in [0.1, 0.15) is 46.9 Å². The molecule has 1 N–H and O–H groups in total. The highest BCUT2D eigenvalue weighted by Crippen LogP contribution is 2.41. The van der Waals surface area contributed by atoms with E-state index in [4.69, 9.17) is 4.52 Å². The SMILES string of the molecule is Cc1oncc1C(=O)N1CCC(C(=O)NC2CC2c2cccc(F)c2)CC1. The molecule has 1 aliphatic heterocycles. The molecule has 1 aromatic carbocycles. The largest absolute Gasteiger partial charge is 0.361 e. The molecule has 2 heterocycles. The summed E-state index contributed by atoms with van der Waals surface area (Å²) < 4.78 is 18.3. The third-order valence-corrected chi connectivity index (χ3v) is 5.53. The summed E-state index contributed by atoms with van der Waals surface area (Å²) in [6, 6.07) is 6.64. The first-order valence-electron chi connectivity index (χ1n) is 9.29. The molecule has 2 fully saturated rings. The Morgan fingerprint density at radius 2 is 2.07 bits per heavy atom. The molecule has 0 radical (unpaired) electrons. The highest BCUT2D eigenvalue weighted by molar-refractivity contribution is 5.95. The quantitative estimate of drug-likeness (QED) is 0.897. The number of aromatic nitrogens is 1. The van der Waals surface area contributed by atoms with Crippen molar-refractivity contribution in [1.29, 1.82) is 0 Å². The van der Waals surface area contributed by atoms with Crippen LogP contribution in [0.25, 0.3) is 0 Å². The Morgan fingerprint density at radius 3 is 2.74 bits per heavy atom. The van der Waals surface area contributed by atoms with Gasteiger partial charge in [-0.05, 0) is 43.9 Å². The van der Waals surface area contributed by atoms with Crippen molar-refractivity contribution in [3.05, 3.63) is 53.2 Å². The van der Waals surface area contributed by atoms with Crippen LogP contribution in [0.15, 0.2) is 35.0 Å². The summed E-state index contributed by atoms with van der Waals surface area (Å²) >= 11 is 0. The number of carbonyl (C=O) groups is 2. The maximum Gasteiger partial charge on any atom is 0.259 e. The average molecular weight is 371 g/mol. The van der Waals surface area contributed by atoms with Crippen molar-refractivity contribution in [2.75, 3.05) is 13.1 Å². The van der Waals surface area contributed by atoms with Gasteiger partial charge in [-0.25, -0.2) is 4.39 Å². The summed E-state index contributed by atoms with van der Waals surface area (Å²) in [5, 5.41) is 6.73. The van der Waals surface area contributed by atoms with Crippen LogP contribution in [0.5, 0.6) is 0 Å². The molecule has 2 unspecified atom stereocenters. The topological polar surface area (TPSA) is 75.4 Å². The Bertz CT molecular complexity index is 858. The van der Waals surface area contributed by atoms with Crippen LogP contribution in [0.4, 0.5) is 4.39 Å². The third-order valence-electron chi connectivity index (χ3n) is 5.53. The first-order chi connectivity index (χ1) is 13.0. The van der Waals surface area contributed by atoms with Gasteiger partial charge in [-0.1, -0.05) is 17.3 Å². The van der Waals surface area contributed by atoms with Gasteiger partial charge in [0.1, 0.15) is 17.1 Å². The lowest BCUT2D eigenvalue weighted by molar-refractivity contribution is -0.126. The first kappa shape index (κ1) is 17.7. The van der Waals surface area contributed by atoms with Crippen molar-refractivity contribution in [3.8, 4) is 0 Å². The second-order valence-corrected chi connectivity index (χ2v) is 7.37. The van der Waals surface area contributed by atoms with Crippen molar-refractivity contribution in [2.24, 2.45) is 5.92 Å². The fourth-order valence-electron chi connectivity index (χ4n) is 3.78. The van der Waals surface area contributed by atoms with Crippen LogP contribution >= 0.6 is 0 Å². The van der Waals surface area contributed by atoms with Gasteiger partial charge in [-0.2, -0.15) is 0 Å². The maximum atomic E-state index is 13.3. The number of piperidine rings is 1. The van der Waals surface area contributed by atoms with E-state index in [0.29, 0.717) is 37.3 Å². The van der Waals surface area contributed by atoms with Crippen LogP contribution in [0, 0.1) is 18.7 Å². The molecule has 0 spiro atoms. The average Bonchev–Trinajstić information content (AvgIpc) is 3.31. The predicted molar refractivity (Wildman–Crippen MR) is 95.6 cm³/mol. The Balaban J connectivity index is 1.27. The second-order valence-electron chi connectivity index (χ2n) is 7.37. The van der Waals surface area contributed by atoms with E-state index >= 15 is 0 Å². The van der Waals surface area contributed by atoms with Gasteiger partial charge in [0.05, 0.1) is 6.20 Å². The van der Waals surface area contributed by atoms with Gasteiger partial charge >= 0.3 is 0 Å². The summed E-state index contributed by atoms with van der Waals surface area (Å²) in [5.74, 6) is 0.309. The number of nitrogens with one attached hydrogen (secondary N) is 1. The molecule has 1 saturated heterocycles. The summed E-state index contributed by atoms with van der Waals surface area (Å²) in [5.41, 5.74) is 1.42. The summed E-state index contributed by atoms with van der Waals surface area (Å²) in [4.78, 5) is 26.8. The van der Waals surface area contributed by atoms with Gasteiger partial charge in [0.2, 0.25) is 5.91 Å². The van der Waals surface area contributed by atoms with Gasteiger partial charge in [-0.3, -0.25) is 9.59 Å². The fraction of sp³-hybridized carbons (Fsp3) is 0.450. The van der Waals surface area contributed by atoms with E-state index < -0.39 is 0 Å². The second kappa shape index (κ2) is 7.13. The van der Waals surface area contributed by atoms with E-state index in [0.717, 1.165) is 12.0 Å². The molecule has 1 aliphatic carbocycles. The summed E-state index contributed by atoms with van der Waals surface area (Å²) in [6.45, 7) is 2.80. The van der Waals surface area contributed by atoms with Crippen molar-refractivity contribution < 1.29 is 18.5 Å². The molecule has 0 bridgehead atoms. The highest BCUT2D eigenvalue weighted by Gasteiger charge is 2.41. The lowest BCUT2D eigenvalue weighted by Gasteiger charge is -2.31. The molecule has 2 aliphatic rings. The molecule has 1 aromatic heterocycles. The minimum absolute atomic E-state index is 0.0344. The van der Waals surface area contributed by atoms with Gasteiger partial charge in [0.25, 0.3) is 5.91 Å². The molecule has 2 atom stereocenters. The lowest BCUT2D eigenvalue weighted by atomic mass is 9.95. The van der Waals surface area contributed by atoms with Crippen LogP contribution in [0.3, 0.4) is 0 Å². The number of hydrogen-bond acceptors (Lipinski definition) is 4. The van der Waals surface area contributed by atoms with Crippen LogP contribution in [0.2, 0.25) is 0 Å². The van der Waals surface area contributed by atoms with Gasteiger partial charge < -0.3 is 14.7 Å². The molecule has 2 aromatic rings. The molecular formula is C20H22FN3O3. The zero-order chi connectivity index (χ0) is 19.0. The van der Waals surface area contributed by atoms with E-state index in [1.54, 1.807) is 17.9 Å². The highest BCUT2D eigenvalue weighted by atomic mass is 19.1. The van der Waals surface area contributed by atoms with E-state index in [2.05, 4.69) is 10.5 Å². The predicted octanol–water partition coefficient (Wildman–Crippen LogP) is 2.65. The number of carbonyl (C=O) groups excluding carboxylic acids is 2. The lowest BCUT2D eigenvalue weighted by Crippen LogP contribution is -2.43. The van der Waals surface area contributed by atoms with Crippen LogP contribution in [-0.4, -0.2) is 41.0 Å². The zero-order valence-electron chi connectivity index (χ0n) is 15.2. The summed E-state index contributed by atoms with van der Waals surface area (Å²) in [7, 11) is 0. The molecule has 2 amide bonds. The monoisotopic (exact) mass is 371 g/mol. The van der Waals surface area contributed by atoms with E-state index in [-0.39, 0.29) is 35.5 Å². The minimum Gasteiger partial charge on any atom is -0.361 e. The number of rotatable bonds is 4. The van der Waals surface area contributed by atoms with Crippen LogP contribution in [-0.2, 0) is 4.79 Å². The van der Waals surface area contributed by atoms with E-state index in [1.807, 2.05) is 6.07 Å². The van der Waals surface area contributed by atoms with Crippen LogP contribution < -0.4 is 5.32 Å². The Labute approximate surface area is 156 Å². The molecule has 27 heavy (non-hydrogen) atoms. The molecule has 142 valence electrons. The van der Waals surface area contributed by atoms with E-state index in [1.165, 1.54) is 18.3 Å². The Kier molecular flexibility index (Phi) is 4.68. The maximum absolute atomic E-state index is 13.3. The standard InChI is InChI=1S/C20H22FN3O3/c1-12-17(11-22-27-12)20(26)24-7-5-13(6-8-24)19(25)23-18-10-16(18)14-3-2-4-15(21)9-14/h2-4,9,11,13,16,18H,5-8,10H2,1H3,(H,23,25). The number of benzene rings is 1. The minimum atomic E-state index is -0.246. The molecule has 6 nitrogen and oxygen atoms in total. The number of likely N-dealkylation sites (tertiary alicyclic amines) is 1. The van der Waals surface area contributed by atoms with E-state index in [9.17, 15) is 14.0 Å². The van der Waals surface area contributed by atoms with Crippen molar-refractivity contribution in [1.82, 2.24) is 15.4 Å². The summed E-state index contributed by atoms with van der Waals surface area (Å²) in [6.07, 6.45) is 3.56. The number of halogens is 1. The van der Waals surface area contributed by atoms with Crippen molar-refractivity contribution >= 4 is 11.8 Å². The molecule has 1 saturated carbocycles. The van der Waals surface area contributed by atoms with Crippen molar-refractivity contribution in [2.45, 2.75) is 38.1 Å². The molecule has 4 rings (SSSR count). The number of hydrogen-bond donors (Lipinski definition) is 1. The smallest absolute Gasteiger partial charge is 0.259 e. The zero-order valence-corrected chi connectivity index (χ0v) is 15.2. The first-order valence-corrected chi connectivity index (χ1v) is 9.29. The van der Waals surface area contributed by atoms with Crippen molar-refractivity contribution in [3.63, 3.8) is 0 Å². The number of aryl methyl sites for hydroxylation is 1. The fourth-order valence-corrected chi connectivity index (χ4v) is 3.78. The van der Waals surface area contributed by atoms with Gasteiger partial charge in [-0.15, -0.1) is 0 Å².